The first kappa shape index (κ1) is 34.6. The summed E-state index contributed by atoms with van der Waals surface area (Å²) in [6.45, 7) is 21.6. The molecule has 6 unspecified atom stereocenters. The predicted molar refractivity (Wildman–Crippen MR) is 160 cm³/mol. The third-order valence-electron chi connectivity index (χ3n) is 9.00. The number of esters is 3. The zero-order valence-electron chi connectivity index (χ0n) is 27.2. The van der Waals surface area contributed by atoms with Crippen molar-refractivity contribution in [3.8, 4) is 5.75 Å². The second kappa shape index (κ2) is 13.6. The van der Waals surface area contributed by atoms with E-state index >= 15 is 0 Å². The lowest BCUT2D eigenvalue weighted by molar-refractivity contribution is -0.170. The van der Waals surface area contributed by atoms with Crippen molar-refractivity contribution >= 4 is 17.9 Å². The zero-order chi connectivity index (χ0) is 31.3. The van der Waals surface area contributed by atoms with E-state index in [1.807, 2.05) is 74.4 Å². The van der Waals surface area contributed by atoms with Crippen molar-refractivity contribution in [1.82, 2.24) is 0 Å². The number of phenolic OH excluding ortho intramolecular Hbond substituents is 1. The van der Waals surface area contributed by atoms with E-state index in [2.05, 4.69) is 13.8 Å². The van der Waals surface area contributed by atoms with Crippen LogP contribution in [0.5, 0.6) is 5.75 Å². The van der Waals surface area contributed by atoms with E-state index in [0.29, 0.717) is 23.5 Å². The fraction of sp³-hybridized carbons (Fsp3) is 0.735. The van der Waals surface area contributed by atoms with Crippen molar-refractivity contribution in [3.63, 3.8) is 0 Å². The molecule has 2 aliphatic carbocycles. The molecular formula is C34H54O7. The average Bonchev–Trinajstić information content (AvgIpc) is 3.54. The summed E-state index contributed by atoms with van der Waals surface area (Å²) < 4.78 is 16.3. The summed E-state index contributed by atoms with van der Waals surface area (Å²) in [4.78, 5) is 35.2. The standard InChI is InChI=1S/C14H20O4.C10H20O2.C10H14O/c1-4-14(2,3)13(16)18-10-7-5-8-9(6-7)12(15)17-11(8)10;1-7-10(5,6)8(11)12-9(2,3)4;1-3-8(2)9-4-6-10(11)7-5-9/h7-11H,4-6H2,1-3H3;7H2,1-6H3;4-8,11H,3H2,1-2H3. The number of benzene rings is 1. The molecule has 0 aromatic heterocycles. The van der Waals surface area contributed by atoms with Crippen LogP contribution >= 0.6 is 0 Å². The molecule has 0 spiro atoms. The van der Waals surface area contributed by atoms with Gasteiger partial charge in [0.25, 0.3) is 0 Å². The van der Waals surface area contributed by atoms with Gasteiger partial charge in [0.2, 0.25) is 0 Å². The van der Waals surface area contributed by atoms with Crippen molar-refractivity contribution in [2.45, 2.75) is 132 Å². The molecule has 1 aromatic carbocycles. The van der Waals surface area contributed by atoms with Gasteiger partial charge in [0.15, 0.2) is 0 Å². The van der Waals surface area contributed by atoms with Gasteiger partial charge in [-0.05, 0) is 104 Å². The van der Waals surface area contributed by atoms with Crippen LogP contribution in [0.1, 0.15) is 120 Å². The van der Waals surface area contributed by atoms with Crippen molar-refractivity contribution < 1.29 is 33.7 Å². The number of carbonyl (C=O) groups excluding carboxylic acids is 3. The Kier molecular flexibility index (Phi) is 11.5. The summed E-state index contributed by atoms with van der Waals surface area (Å²) in [5.74, 6) is 1.28. The van der Waals surface area contributed by atoms with Crippen LogP contribution in [0, 0.1) is 28.6 Å². The Morgan fingerprint density at radius 2 is 1.46 bits per heavy atom. The van der Waals surface area contributed by atoms with Crippen molar-refractivity contribution in [3.05, 3.63) is 29.8 Å². The van der Waals surface area contributed by atoms with E-state index in [1.54, 1.807) is 12.1 Å². The van der Waals surface area contributed by atoms with Gasteiger partial charge in [-0.25, -0.2) is 0 Å². The maximum Gasteiger partial charge on any atom is 0.312 e. The summed E-state index contributed by atoms with van der Waals surface area (Å²) in [6, 6.07) is 7.43. The summed E-state index contributed by atoms with van der Waals surface area (Å²) >= 11 is 0. The third-order valence-corrected chi connectivity index (χ3v) is 9.00. The average molecular weight is 575 g/mol. The van der Waals surface area contributed by atoms with Crippen LogP contribution in [-0.2, 0) is 28.6 Å². The minimum atomic E-state index is -0.455. The van der Waals surface area contributed by atoms with Gasteiger partial charge in [-0.2, -0.15) is 0 Å². The van der Waals surface area contributed by atoms with E-state index in [0.717, 1.165) is 32.1 Å². The predicted octanol–water partition coefficient (Wildman–Crippen LogP) is 7.59. The minimum absolute atomic E-state index is 0.0779. The monoisotopic (exact) mass is 574 g/mol. The lowest BCUT2D eigenvalue weighted by Crippen LogP contribution is -2.39. The van der Waals surface area contributed by atoms with E-state index in [9.17, 15) is 14.4 Å². The molecule has 0 radical (unpaired) electrons. The molecule has 7 nitrogen and oxygen atoms in total. The van der Waals surface area contributed by atoms with Crippen LogP contribution in [0.4, 0.5) is 0 Å². The number of carbonyl (C=O) groups is 3. The highest BCUT2D eigenvalue weighted by molar-refractivity contribution is 5.78. The molecule has 4 rings (SSSR count). The van der Waals surface area contributed by atoms with Gasteiger partial charge in [-0.15, -0.1) is 0 Å². The molecule has 6 atom stereocenters. The molecule has 2 saturated carbocycles. The number of phenols is 1. The van der Waals surface area contributed by atoms with Gasteiger partial charge in [-0.3, -0.25) is 14.4 Å². The van der Waals surface area contributed by atoms with Crippen molar-refractivity contribution in [2.24, 2.45) is 28.6 Å². The lowest BCUT2D eigenvalue weighted by Gasteiger charge is -2.29. The van der Waals surface area contributed by atoms with Gasteiger partial charge in [-0.1, -0.05) is 39.8 Å². The molecule has 1 aliphatic heterocycles. The highest BCUT2D eigenvalue weighted by atomic mass is 16.6. The Balaban J connectivity index is 0.000000226. The number of hydrogen-bond donors (Lipinski definition) is 1. The third kappa shape index (κ3) is 8.96. The highest BCUT2D eigenvalue weighted by Gasteiger charge is 2.63. The molecule has 41 heavy (non-hydrogen) atoms. The quantitative estimate of drug-likeness (QED) is 0.265. The number of aromatic hydroxyl groups is 1. The normalized spacial score (nSPS) is 25.2. The molecule has 232 valence electrons. The van der Waals surface area contributed by atoms with Gasteiger partial charge in [0.05, 0.1) is 16.7 Å². The fourth-order valence-electron chi connectivity index (χ4n) is 5.09. The van der Waals surface area contributed by atoms with E-state index in [1.165, 1.54) is 5.56 Å². The Labute approximate surface area is 247 Å². The topological polar surface area (TPSA) is 99.1 Å². The number of hydrogen-bond acceptors (Lipinski definition) is 7. The van der Waals surface area contributed by atoms with Crippen LogP contribution < -0.4 is 0 Å². The molecule has 2 bridgehead atoms. The van der Waals surface area contributed by atoms with Crippen LogP contribution in [0.15, 0.2) is 24.3 Å². The van der Waals surface area contributed by atoms with Crippen LogP contribution in [0.3, 0.4) is 0 Å². The van der Waals surface area contributed by atoms with Gasteiger partial charge in [0.1, 0.15) is 23.6 Å². The first-order chi connectivity index (χ1) is 18.9. The maximum atomic E-state index is 12.1. The first-order valence-electron chi connectivity index (χ1n) is 15.3. The highest BCUT2D eigenvalue weighted by Crippen LogP contribution is 2.55. The maximum absolute atomic E-state index is 12.1. The second-order valence-corrected chi connectivity index (χ2v) is 14.2. The minimum Gasteiger partial charge on any atom is -0.508 e. The molecule has 3 aliphatic rings. The molecule has 7 heteroatoms. The summed E-state index contributed by atoms with van der Waals surface area (Å²) in [7, 11) is 0. The number of ether oxygens (including phenoxy) is 3. The first-order valence-corrected chi connectivity index (χ1v) is 15.3. The molecule has 1 aromatic rings. The molecule has 1 heterocycles. The van der Waals surface area contributed by atoms with Crippen LogP contribution in [-0.4, -0.2) is 40.8 Å². The van der Waals surface area contributed by atoms with E-state index < -0.39 is 5.41 Å². The fourth-order valence-corrected chi connectivity index (χ4v) is 5.09. The summed E-state index contributed by atoms with van der Waals surface area (Å²) in [5.41, 5.74) is 0.117. The Morgan fingerprint density at radius 3 is 1.95 bits per heavy atom. The van der Waals surface area contributed by atoms with Gasteiger partial charge < -0.3 is 19.3 Å². The Morgan fingerprint density at radius 1 is 0.927 bits per heavy atom. The number of rotatable bonds is 7. The van der Waals surface area contributed by atoms with E-state index in [-0.39, 0.29) is 47.0 Å². The molecular weight excluding hydrogens is 520 g/mol. The van der Waals surface area contributed by atoms with Crippen molar-refractivity contribution in [2.75, 3.05) is 0 Å². The molecule has 0 amide bonds. The molecule has 1 N–H and O–H groups in total. The smallest absolute Gasteiger partial charge is 0.312 e. The molecule has 3 fully saturated rings. The van der Waals surface area contributed by atoms with Crippen LogP contribution in [0.2, 0.25) is 0 Å². The Hall–Kier alpha value is -2.57. The largest absolute Gasteiger partial charge is 0.508 e. The summed E-state index contributed by atoms with van der Waals surface area (Å²) in [5, 5.41) is 9.01. The zero-order valence-corrected chi connectivity index (χ0v) is 27.2. The number of fused-ring (bicyclic) bond motifs is 1. The molecule has 1 saturated heterocycles. The van der Waals surface area contributed by atoms with E-state index in [4.69, 9.17) is 19.3 Å². The van der Waals surface area contributed by atoms with Gasteiger partial charge >= 0.3 is 17.9 Å². The van der Waals surface area contributed by atoms with Crippen LogP contribution in [0.25, 0.3) is 0 Å². The van der Waals surface area contributed by atoms with Gasteiger partial charge in [0, 0.05) is 11.8 Å². The second-order valence-electron chi connectivity index (χ2n) is 14.2. The van der Waals surface area contributed by atoms with Crippen molar-refractivity contribution in [1.29, 1.82) is 0 Å². The summed E-state index contributed by atoms with van der Waals surface area (Å²) in [6.07, 6.45) is 4.15. The SMILES string of the molecule is CCC(C)(C)C(=O)OC(C)(C)C.CCC(C)(C)C(=O)OC1C2CC3C(=O)OC1C3C2.CCC(C)c1ccc(O)cc1. The lowest BCUT2D eigenvalue weighted by atomic mass is 9.87. The Bertz CT molecular complexity index is 1030.